The molecule has 17 heteroatoms. The van der Waals surface area contributed by atoms with Gasteiger partial charge in [0.1, 0.15) is 13.2 Å². The fourth-order valence-electron chi connectivity index (χ4n) is 2.52. The topological polar surface area (TPSA) is 157 Å². The first-order chi connectivity index (χ1) is 16.5. The molecule has 0 saturated carbocycles. The maximum absolute atomic E-state index is 11.9. The molecule has 2 aliphatic heterocycles. The molecule has 2 heterocycles. The van der Waals surface area contributed by atoms with Crippen molar-refractivity contribution >= 4 is 52.7 Å². The second kappa shape index (κ2) is 16.7. The Morgan fingerprint density at radius 1 is 0.973 bits per heavy atom. The SMILES string of the molecule is C.CC(C)(C)[Si](C)(C)OCCCS(=O)(=O)N1CCOC1=O.CSF.O=C1OCCN1S(=O)(=O)CCCO. The summed E-state index contributed by atoms with van der Waals surface area (Å²) >= 11 is 0.250. The summed E-state index contributed by atoms with van der Waals surface area (Å²) < 4.78 is 73.3. The van der Waals surface area contributed by atoms with E-state index >= 15 is 0 Å². The van der Waals surface area contributed by atoms with E-state index in [0.29, 0.717) is 17.3 Å². The molecule has 1 N–H and O–H groups in total. The molecule has 12 nitrogen and oxygen atoms in total. The quantitative estimate of drug-likeness (QED) is 0.285. The van der Waals surface area contributed by atoms with Crippen molar-refractivity contribution in [3.8, 4) is 0 Å². The summed E-state index contributed by atoms with van der Waals surface area (Å²) in [5.74, 6) is -0.310. The van der Waals surface area contributed by atoms with Crippen LogP contribution in [0.25, 0.3) is 0 Å². The molecule has 0 aromatic heterocycles. The average molecular weight is 615 g/mol. The van der Waals surface area contributed by atoms with E-state index < -0.39 is 40.6 Å². The van der Waals surface area contributed by atoms with Crippen LogP contribution in [0.15, 0.2) is 0 Å². The van der Waals surface area contributed by atoms with Crippen molar-refractivity contribution in [1.82, 2.24) is 8.61 Å². The highest BCUT2D eigenvalue weighted by atomic mass is 32.2. The molecule has 0 bridgehead atoms. The molecule has 0 radical (unpaired) electrons. The van der Waals surface area contributed by atoms with Gasteiger partial charge in [-0.05, 0) is 31.0 Å². The Bertz CT molecular complexity index is 912. The van der Waals surface area contributed by atoms with Crippen LogP contribution in [0, 0.1) is 0 Å². The number of carbonyl (C=O) groups excluding carboxylic acids is 2. The van der Waals surface area contributed by atoms with Crippen LogP contribution in [0.2, 0.25) is 18.1 Å². The van der Waals surface area contributed by atoms with Crippen molar-refractivity contribution in [3.05, 3.63) is 0 Å². The summed E-state index contributed by atoms with van der Waals surface area (Å²) in [6.07, 6.45) is 0.304. The third kappa shape index (κ3) is 13.0. The van der Waals surface area contributed by atoms with E-state index in [1.807, 2.05) is 0 Å². The molecule has 2 rings (SSSR count). The first-order valence-electron chi connectivity index (χ1n) is 11.2. The summed E-state index contributed by atoms with van der Waals surface area (Å²) in [7, 11) is -8.99. The van der Waals surface area contributed by atoms with E-state index in [9.17, 15) is 30.3 Å². The maximum atomic E-state index is 11.9. The van der Waals surface area contributed by atoms with E-state index in [0.717, 1.165) is 4.31 Å². The zero-order chi connectivity index (χ0) is 28.2. The van der Waals surface area contributed by atoms with Crippen molar-refractivity contribution in [2.24, 2.45) is 0 Å². The number of aliphatic hydroxyl groups is 1. The standard InChI is InChI=1S/C12H25NO5SSi.C6H11NO5S.CH3FS.CH4/c1-12(2,3)20(4,5)18-8-6-10-19(15,16)13-7-9-17-11(13)14;8-3-1-5-13(10,11)7-2-4-12-6(7)9;1-3-2;/h6-10H2,1-5H3;8H,1-5H2;1H3;1H4. The number of rotatable bonds is 10. The van der Waals surface area contributed by atoms with Gasteiger partial charge >= 0.3 is 12.2 Å². The third-order valence-corrected chi connectivity index (χ3v) is 13.6. The molecular weight excluding hydrogens is 572 g/mol. The number of carbonyl (C=O) groups is 2. The van der Waals surface area contributed by atoms with Crippen molar-refractivity contribution in [2.75, 3.05) is 57.3 Å². The molecule has 2 fully saturated rings. The number of nitrogens with zero attached hydrogens (tertiary/aromatic N) is 2. The van der Waals surface area contributed by atoms with Crippen LogP contribution >= 0.6 is 12.1 Å². The lowest BCUT2D eigenvalue weighted by molar-refractivity contribution is 0.168. The van der Waals surface area contributed by atoms with Crippen LogP contribution in [-0.4, -0.2) is 108 Å². The number of aliphatic hydroxyl groups excluding tert-OH is 1. The molecule has 0 aliphatic carbocycles. The summed E-state index contributed by atoms with van der Waals surface area (Å²) in [5, 5.41) is 8.54. The third-order valence-electron chi connectivity index (χ3n) is 5.49. The first kappa shape index (κ1) is 38.0. The van der Waals surface area contributed by atoms with Gasteiger partial charge in [0.15, 0.2) is 8.32 Å². The van der Waals surface area contributed by atoms with Crippen LogP contribution in [0.5, 0.6) is 0 Å². The van der Waals surface area contributed by atoms with E-state index in [2.05, 4.69) is 43.3 Å². The molecule has 2 aliphatic rings. The van der Waals surface area contributed by atoms with Gasteiger partial charge in [0.05, 0.1) is 24.6 Å². The summed E-state index contributed by atoms with van der Waals surface area (Å²) in [5.41, 5.74) is 0. The first-order valence-corrected chi connectivity index (χ1v) is 18.5. The second-order valence-electron chi connectivity index (χ2n) is 9.20. The number of cyclic esters (lactones) is 2. The van der Waals surface area contributed by atoms with Crippen LogP contribution in [-0.2, 0) is 33.9 Å². The Kier molecular flexibility index (Phi) is 17.2. The van der Waals surface area contributed by atoms with Crippen molar-refractivity contribution in [1.29, 1.82) is 0 Å². The lowest BCUT2D eigenvalue weighted by Crippen LogP contribution is -2.41. The van der Waals surface area contributed by atoms with Gasteiger partial charge in [-0.2, -0.15) is 3.89 Å². The van der Waals surface area contributed by atoms with Gasteiger partial charge in [0, 0.05) is 31.6 Å². The number of amides is 2. The number of hydrogen-bond acceptors (Lipinski definition) is 11. The Labute approximate surface area is 226 Å². The second-order valence-corrected chi connectivity index (χ2v) is 18.3. The zero-order valence-electron chi connectivity index (χ0n) is 21.7. The molecular formula is C20H43FN2O10S3Si. The minimum atomic E-state index is -3.57. The predicted molar refractivity (Wildman–Crippen MR) is 145 cm³/mol. The number of halogens is 1. The molecule has 2 amide bonds. The number of sulfonamides is 2. The predicted octanol–water partition coefficient (Wildman–Crippen LogP) is 3.20. The molecule has 0 unspecified atom stereocenters. The van der Waals surface area contributed by atoms with Crippen molar-refractivity contribution < 1.29 is 49.3 Å². The fraction of sp³-hybridized carbons (Fsp3) is 0.900. The highest BCUT2D eigenvalue weighted by molar-refractivity contribution is 7.93. The van der Waals surface area contributed by atoms with E-state index in [-0.39, 0.29) is 75.4 Å². The molecule has 0 aromatic carbocycles. The molecule has 0 spiro atoms. The summed E-state index contributed by atoms with van der Waals surface area (Å²) in [6.45, 7) is 11.3. The van der Waals surface area contributed by atoms with Crippen molar-refractivity contribution in [2.45, 2.75) is 59.2 Å². The van der Waals surface area contributed by atoms with E-state index in [4.69, 9.17) is 9.53 Å². The Morgan fingerprint density at radius 2 is 1.35 bits per heavy atom. The summed E-state index contributed by atoms with van der Waals surface area (Å²) in [6, 6.07) is 0. The van der Waals surface area contributed by atoms with E-state index in [1.165, 1.54) is 6.26 Å². The van der Waals surface area contributed by atoms with Crippen LogP contribution in [0.1, 0.15) is 41.0 Å². The van der Waals surface area contributed by atoms with Gasteiger partial charge in [0.25, 0.3) is 0 Å². The minimum absolute atomic E-state index is 0. The normalized spacial score (nSPS) is 16.1. The number of hydrogen-bond donors (Lipinski definition) is 1. The Hall–Kier alpha value is -1.14. The molecule has 222 valence electrons. The molecule has 2 saturated heterocycles. The van der Waals surface area contributed by atoms with Crippen LogP contribution in [0.3, 0.4) is 0 Å². The molecule has 0 atom stereocenters. The largest absolute Gasteiger partial charge is 0.447 e. The molecule has 0 aromatic rings. The van der Waals surface area contributed by atoms with Crippen molar-refractivity contribution in [3.63, 3.8) is 0 Å². The van der Waals surface area contributed by atoms with Gasteiger partial charge in [-0.1, -0.05) is 28.2 Å². The zero-order valence-corrected chi connectivity index (χ0v) is 25.1. The summed E-state index contributed by atoms with van der Waals surface area (Å²) in [4.78, 5) is 22.1. The Balaban J connectivity index is 0. The van der Waals surface area contributed by atoms with Gasteiger partial charge in [0.2, 0.25) is 20.0 Å². The van der Waals surface area contributed by atoms with Crippen LogP contribution < -0.4 is 0 Å². The highest BCUT2D eigenvalue weighted by Gasteiger charge is 2.37. The fourth-order valence-corrected chi connectivity index (χ4v) is 6.29. The maximum Gasteiger partial charge on any atom is 0.423 e. The lowest BCUT2D eigenvalue weighted by Gasteiger charge is -2.36. The lowest BCUT2D eigenvalue weighted by atomic mass is 10.2. The van der Waals surface area contributed by atoms with E-state index in [1.54, 1.807) is 0 Å². The van der Waals surface area contributed by atoms with Gasteiger partial charge < -0.3 is 19.0 Å². The van der Waals surface area contributed by atoms with Gasteiger partial charge in [-0.3, -0.25) is 0 Å². The number of ether oxygens (including phenoxy) is 2. The van der Waals surface area contributed by atoms with Gasteiger partial charge in [-0.15, -0.1) is 0 Å². The molecule has 37 heavy (non-hydrogen) atoms. The minimum Gasteiger partial charge on any atom is -0.447 e. The average Bonchev–Trinajstić information content (AvgIpc) is 3.39. The van der Waals surface area contributed by atoms with Crippen LogP contribution in [0.4, 0.5) is 13.5 Å². The monoisotopic (exact) mass is 614 g/mol. The smallest absolute Gasteiger partial charge is 0.423 e. The highest BCUT2D eigenvalue weighted by Crippen LogP contribution is 2.36. The van der Waals surface area contributed by atoms with Gasteiger partial charge in [-0.25, -0.2) is 35.0 Å². The Morgan fingerprint density at radius 3 is 1.65 bits per heavy atom.